The van der Waals surface area contributed by atoms with Gasteiger partial charge in [-0.05, 0) is 41.6 Å². The van der Waals surface area contributed by atoms with Crippen LogP contribution < -0.4 is 15.8 Å². The first-order valence-corrected chi connectivity index (χ1v) is 8.19. The minimum absolute atomic E-state index is 0.0185. The molecular formula is C17H17N3O3S. The molecule has 3 aromatic rings. The molecule has 0 unspecified atom stereocenters. The average molecular weight is 343 g/mol. The van der Waals surface area contributed by atoms with E-state index in [-0.39, 0.29) is 17.4 Å². The van der Waals surface area contributed by atoms with E-state index >= 15 is 0 Å². The number of nitrogen functional groups attached to an aromatic ring is 1. The van der Waals surface area contributed by atoms with Crippen molar-refractivity contribution in [3.8, 4) is 16.3 Å². The van der Waals surface area contributed by atoms with Crippen LogP contribution >= 0.6 is 11.3 Å². The van der Waals surface area contributed by atoms with E-state index in [0.717, 1.165) is 21.8 Å². The SMILES string of the molecule is COc1ccc(CNC(=O)c2c(-c3sccc3C)noc2N)cc1. The fraction of sp³-hybridized carbons (Fsp3) is 0.176. The molecule has 0 bridgehead atoms. The monoisotopic (exact) mass is 343 g/mol. The van der Waals surface area contributed by atoms with Crippen LogP contribution in [-0.4, -0.2) is 18.2 Å². The first-order chi connectivity index (χ1) is 11.6. The molecule has 0 spiro atoms. The van der Waals surface area contributed by atoms with E-state index in [9.17, 15) is 4.79 Å². The summed E-state index contributed by atoms with van der Waals surface area (Å²) in [5.41, 5.74) is 8.53. The van der Waals surface area contributed by atoms with Crippen molar-refractivity contribution in [2.45, 2.75) is 13.5 Å². The lowest BCUT2D eigenvalue weighted by molar-refractivity contribution is 0.0952. The summed E-state index contributed by atoms with van der Waals surface area (Å²) in [6, 6.07) is 9.43. The Bertz CT molecular complexity index is 852. The molecule has 0 saturated heterocycles. The number of nitrogens with two attached hydrogens (primary N) is 1. The second-order valence-corrected chi connectivity index (χ2v) is 6.15. The number of benzene rings is 1. The van der Waals surface area contributed by atoms with Crippen molar-refractivity contribution in [3.63, 3.8) is 0 Å². The Balaban J connectivity index is 1.78. The molecule has 1 amide bonds. The molecule has 6 nitrogen and oxygen atoms in total. The van der Waals surface area contributed by atoms with Gasteiger partial charge in [-0.25, -0.2) is 0 Å². The number of aryl methyl sites for hydroxylation is 1. The van der Waals surface area contributed by atoms with Gasteiger partial charge < -0.3 is 20.3 Å². The summed E-state index contributed by atoms with van der Waals surface area (Å²) < 4.78 is 10.1. The van der Waals surface area contributed by atoms with Gasteiger partial charge in [0.15, 0.2) is 0 Å². The molecule has 24 heavy (non-hydrogen) atoms. The summed E-state index contributed by atoms with van der Waals surface area (Å²) in [5.74, 6) is 0.473. The zero-order valence-electron chi connectivity index (χ0n) is 13.3. The third-order valence-corrected chi connectivity index (χ3v) is 4.66. The lowest BCUT2D eigenvalue weighted by atomic mass is 10.1. The van der Waals surface area contributed by atoms with Crippen LogP contribution in [0, 0.1) is 6.92 Å². The summed E-state index contributed by atoms with van der Waals surface area (Å²) in [7, 11) is 1.61. The van der Waals surface area contributed by atoms with E-state index in [1.54, 1.807) is 7.11 Å². The highest BCUT2D eigenvalue weighted by atomic mass is 32.1. The maximum Gasteiger partial charge on any atom is 0.259 e. The van der Waals surface area contributed by atoms with Gasteiger partial charge in [-0.1, -0.05) is 17.3 Å². The van der Waals surface area contributed by atoms with Gasteiger partial charge in [0.2, 0.25) is 5.88 Å². The highest BCUT2D eigenvalue weighted by Gasteiger charge is 2.24. The minimum atomic E-state index is -0.313. The van der Waals surface area contributed by atoms with Crippen molar-refractivity contribution in [1.29, 1.82) is 0 Å². The van der Waals surface area contributed by atoms with Crippen molar-refractivity contribution in [1.82, 2.24) is 10.5 Å². The van der Waals surface area contributed by atoms with Crippen LogP contribution in [0.1, 0.15) is 21.5 Å². The number of hydrogen-bond acceptors (Lipinski definition) is 6. The van der Waals surface area contributed by atoms with Gasteiger partial charge in [0.05, 0.1) is 12.0 Å². The van der Waals surface area contributed by atoms with Gasteiger partial charge in [-0.15, -0.1) is 11.3 Å². The highest BCUT2D eigenvalue weighted by molar-refractivity contribution is 7.13. The average Bonchev–Trinajstić information content (AvgIpc) is 3.18. The molecule has 0 fully saturated rings. The summed E-state index contributed by atoms with van der Waals surface area (Å²) in [5, 5.41) is 8.74. The number of hydrogen-bond donors (Lipinski definition) is 2. The second kappa shape index (κ2) is 6.76. The van der Waals surface area contributed by atoms with Gasteiger partial charge >= 0.3 is 0 Å². The number of aromatic nitrogens is 1. The molecule has 0 atom stereocenters. The van der Waals surface area contributed by atoms with E-state index in [1.165, 1.54) is 11.3 Å². The first kappa shape index (κ1) is 16.1. The largest absolute Gasteiger partial charge is 0.497 e. The van der Waals surface area contributed by atoms with Crippen LogP contribution in [-0.2, 0) is 6.54 Å². The number of carbonyl (C=O) groups excluding carboxylic acids is 1. The molecule has 3 N–H and O–H groups in total. The molecule has 2 heterocycles. The number of nitrogens with one attached hydrogen (secondary N) is 1. The molecule has 124 valence electrons. The second-order valence-electron chi connectivity index (χ2n) is 5.23. The van der Waals surface area contributed by atoms with Crippen molar-refractivity contribution in [3.05, 3.63) is 52.4 Å². The topological polar surface area (TPSA) is 90.4 Å². The van der Waals surface area contributed by atoms with Crippen molar-refractivity contribution >= 4 is 23.1 Å². The lowest BCUT2D eigenvalue weighted by Crippen LogP contribution is -2.23. The molecule has 0 aliphatic rings. The minimum Gasteiger partial charge on any atom is -0.497 e. The maximum atomic E-state index is 12.5. The van der Waals surface area contributed by atoms with E-state index < -0.39 is 0 Å². The number of thiophene rings is 1. The molecule has 3 rings (SSSR count). The number of rotatable bonds is 5. The number of amides is 1. The summed E-state index contributed by atoms with van der Waals surface area (Å²) >= 11 is 1.49. The Kier molecular flexibility index (Phi) is 4.52. The van der Waals surface area contributed by atoms with E-state index in [4.69, 9.17) is 15.0 Å². The zero-order chi connectivity index (χ0) is 17.1. The van der Waals surface area contributed by atoms with Crippen LogP contribution in [0.15, 0.2) is 40.2 Å². The number of carbonyl (C=O) groups is 1. The summed E-state index contributed by atoms with van der Waals surface area (Å²) in [6.07, 6.45) is 0. The Morgan fingerprint density at radius 3 is 2.71 bits per heavy atom. The van der Waals surface area contributed by atoms with Gasteiger partial charge in [0.25, 0.3) is 5.91 Å². The number of methoxy groups -OCH3 is 1. The Hall–Kier alpha value is -2.80. The molecule has 7 heteroatoms. The quantitative estimate of drug-likeness (QED) is 0.742. The van der Waals surface area contributed by atoms with Crippen LogP contribution in [0.2, 0.25) is 0 Å². The smallest absolute Gasteiger partial charge is 0.259 e. The van der Waals surface area contributed by atoms with Gasteiger partial charge in [0.1, 0.15) is 17.0 Å². The predicted molar refractivity (Wildman–Crippen MR) is 93.1 cm³/mol. The third kappa shape index (κ3) is 3.11. The first-order valence-electron chi connectivity index (χ1n) is 7.31. The Labute approximate surface area is 143 Å². The number of anilines is 1. The molecule has 2 aromatic heterocycles. The molecule has 0 aliphatic carbocycles. The van der Waals surface area contributed by atoms with Crippen LogP contribution in [0.4, 0.5) is 5.88 Å². The number of ether oxygens (including phenoxy) is 1. The zero-order valence-corrected chi connectivity index (χ0v) is 14.1. The van der Waals surface area contributed by atoms with E-state index in [1.807, 2.05) is 42.6 Å². The maximum absolute atomic E-state index is 12.5. The van der Waals surface area contributed by atoms with E-state index in [0.29, 0.717) is 12.2 Å². The lowest BCUT2D eigenvalue weighted by Gasteiger charge is -2.06. The normalized spacial score (nSPS) is 10.6. The predicted octanol–water partition coefficient (Wildman–Crippen LogP) is 3.23. The molecule has 0 aliphatic heterocycles. The van der Waals surface area contributed by atoms with Crippen LogP contribution in [0.5, 0.6) is 5.75 Å². The molecular weight excluding hydrogens is 326 g/mol. The van der Waals surface area contributed by atoms with Crippen molar-refractivity contribution in [2.24, 2.45) is 0 Å². The summed E-state index contributed by atoms with van der Waals surface area (Å²) in [6.45, 7) is 2.33. The van der Waals surface area contributed by atoms with Gasteiger partial charge in [-0.2, -0.15) is 0 Å². The third-order valence-electron chi connectivity index (χ3n) is 3.63. The fourth-order valence-corrected chi connectivity index (χ4v) is 3.22. The Morgan fingerprint density at radius 2 is 2.08 bits per heavy atom. The van der Waals surface area contributed by atoms with Crippen molar-refractivity contribution in [2.75, 3.05) is 12.8 Å². The summed E-state index contributed by atoms with van der Waals surface area (Å²) in [4.78, 5) is 13.4. The van der Waals surface area contributed by atoms with Crippen LogP contribution in [0.3, 0.4) is 0 Å². The van der Waals surface area contributed by atoms with Crippen molar-refractivity contribution < 1.29 is 14.1 Å². The fourth-order valence-electron chi connectivity index (χ4n) is 2.31. The number of nitrogens with zero attached hydrogens (tertiary/aromatic N) is 1. The Morgan fingerprint density at radius 1 is 1.33 bits per heavy atom. The van der Waals surface area contributed by atoms with Gasteiger partial charge in [-0.3, -0.25) is 4.79 Å². The molecule has 0 saturated carbocycles. The highest BCUT2D eigenvalue weighted by Crippen LogP contribution is 2.33. The van der Waals surface area contributed by atoms with E-state index in [2.05, 4.69) is 10.5 Å². The van der Waals surface area contributed by atoms with Crippen LogP contribution in [0.25, 0.3) is 10.6 Å². The molecule has 1 aromatic carbocycles. The molecule has 0 radical (unpaired) electrons. The van der Waals surface area contributed by atoms with Gasteiger partial charge in [0, 0.05) is 6.54 Å². The standard InChI is InChI=1S/C17H17N3O3S/c1-10-7-8-24-15(10)14-13(16(18)23-20-14)17(21)19-9-11-3-5-12(22-2)6-4-11/h3-8H,9,18H2,1-2H3,(H,19,21).